The molecule has 3 rings (SSSR count). The molecule has 0 fully saturated rings. The lowest BCUT2D eigenvalue weighted by Gasteiger charge is -1.97. The van der Waals surface area contributed by atoms with Gasteiger partial charge in [-0.25, -0.2) is 0 Å². The summed E-state index contributed by atoms with van der Waals surface area (Å²) in [5.41, 5.74) is 4.23. The van der Waals surface area contributed by atoms with Crippen molar-refractivity contribution in [2.75, 3.05) is 0 Å². The highest BCUT2D eigenvalue weighted by Crippen LogP contribution is 2.29. The predicted octanol–water partition coefficient (Wildman–Crippen LogP) is 5.39. The van der Waals surface area contributed by atoms with Crippen molar-refractivity contribution < 1.29 is 0 Å². The van der Waals surface area contributed by atoms with Crippen LogP contribution in [0.4, 0.5) is 11.4 Å². The molecule has 0 unspecified atom stereocenters. The van der Waals surface area contributed by atoms with Gasteiger partial charge in [0.15, 0.2) is 0 Å². The molecule has 0 radical (unpaired) electrons. The molecule has 0 saturated heterocycles. The molecule has 1 aromatic heterocycles. The van der Waals surface area contributed by atoms with E-state index in [1.54, 1.807) is 0 Å². The number of aryl methyl sites for hydroxylation is 2. The van der Waals surface area contributed by atoms with Crippen LogP contribution in [-0.2, 0) is 6.54 Å². The van der Waals surface area contributed by atoms with Gasteiger partial charge in [0.1, 0.15) is 5.69 Å². The first kappa shape index (κ1) is 12.6. The second kappa shape index (κ2) is 5.29. The summed E-state index contributed by atoms with van der Waals surface area (Å²) in [5, 5.41) is 9.88. The SMILES string of the molecule is CCn1cc(N=Nc2ccc(C)cc2)c2ccccc21. The lowest BCUT2D eigenvalue weighted by Crippen LogP contribution is -1.89. The Morgan fingerprint density at radius 1 is 0.950 bits per heavy atom. The van der Waals surface area contributed by atoms with E-state index < -0.39 is 0 Å². The van der Waals surface area contributed by atoms with E-state index in [0.29, 0.717) is 0 Å². The average Bonchev–Trinajstić information content (AvgIpc) is 2.85. The highest BCUT2D eigenvalue weighted by Gasteiger charge is 2.05. The number of benzene rings is 2. The fraction of sp³-hybridized carbons (Fsp3) is 0.176. The maximum Gasteiger partial charge on any atom is 0.111 e. The number of rotatable bonds is 3. The first-order chi connectivity index (χ1) is 9.78. The van der Waals surface area contributed by atoms with Gasteiger partial charge >= 0.3 is 0 Å². The fourth-order valence-electron chi connectivity index (χ4n) is 2.29. The van der Waals surface area contributed by atoms with Crippen LogP contribution in [0.2, 0.25) is 0 Å². The van der Waals surface area contributed by atoms with E-state index in [9.17, 15) is 0 Å². The average molecular weight is 263 g/mol. The Bertz CT molecular complexity index is 752. The van der Waals surface area contributed by atoms with Crippen LogP contribution in [0, 0.1) is 6.92 Å². The molecule has 3 heteroatoms. The van der Waals surface area contributed by atoms with Crippen molar-refractivity contribution in [1.29, 1.82) is 0 Å². The minimum atomic E-state index is 0.879. The van der Waals surface area contributed by atoms with Crippen molar-refractivity contribution in [3.63, 3.8) is 0 Å². The normalized spacial score (nSPS) is 11.5. The summed E-state index contributed by atoms with van der Waals surface area (Å²) < 4.78 is 2.19. The molecule has 0 bridgehead atoms. The van der Waals surface area contributed by atoms with Gasteiger partial charge in [-0.05, 0) is 32.0 Å². The van der Waals surface area contributed by atoms with Gasteiger partial charge in [-0.2, -0.15) is 5.11 Å². The summed E-state index contributed by atoms with van der Waals surface area (Å²) in [6.07, 6.45) is 2.06. The molecule has 0 aliphatic carbocycles. The Labute approximate surface area is 118 Å². The van der Waals surface area contributed by atoms with Gasteiger partial charge in [-0.3, -0.25) is 0 Å². The van der Waals surface area contributed by atoms with Gasteiger partial charge in [0.2, 0.25) is 0 Å². The molecule has 3 nitrogen and oxygen atoms in total. The fourth-order valence-corrected chi connectivity index (χ4v) is 2.29. The molecule has 0 atom stereocenters. The summed E-state index contributed by atoms with van der Waals surface area (Å²) >= 11 is 0. The molecular weight excluding hydrogens is 246 g/mol. The first-order valence-corrected chi connectivity index (χ1v) is 6.84. The van der Waals surface area contributed by atoms with Gasteiger partial charge in [0, 0.05) is 18.1 Å². The van der Waals surface area contributed by atoms with Gasteiger partial charge in [0.25, 0.3) is 0 Å². The Balaban J connectivity index is 2.00. The van der Waals surface area contributed by atoms with Crippen molar-refractivity contribution in [2.45, 2.75) is 20.4 Å². The van der Waals surface area contributed by atoms with E-state index in [4.69, 9.17) is 0 Å². The van der Waals surface area contributed by atoms with Crippen LogP contribution in [-0.4, -0.2) is 4.57 Å². The smallest absolute Gasteiger partial charge is 0.111 e. The number of azo groups is 1. The highest BCUT2D eigenvalue weighted by atomic mass is 15.1. The van der Waals surface area contributed by atoms with Crippen LogP contribution < -0.4 is 0 Å². The van der Waals surface area contributed by atoms with E-state index in [0.717, 1.165) is 23.3 Å². The second-order valence-electron chi connectivity index (χ2n) is 4.85. The Kier molecular flexibility index (Phi) is 3.33. The number of para-hydroxylation sites is 1. The molecule has 0 saturated carbocycles. The van der Waals surface area contributed by atoms with Crippen molar-refractivity contribution in [3.8, 4) is 0 Å². The molecule has 3 aromatic rings. The zero-order chi connectivity index (χ0) is 13.9. The van der Waals surface area contributed by atoms with Gasteiger partial charge < -0.3 is 4.57 Å². The van der Waals surface area contributed by atoms with Crippen LogP contribution >= 0.6 is 0 Å². The topological polar surface area (TPSA) is 29.6 Å². The van der Waals surface area contributed by atoms with Crippen molar-refractivity contribution in [3.05, 3.63) is 60.3 Å². The van der Waals surface area contributed by atoms with Gasteiger partial charge in [-0.1, -0.05) is 35.9 Å². The third-order valence-electron chi connectivity index (χ3n) is 3.42. The Morgan fingerprint density at radius 3 is 2.45 bits per heavy atom. The van der Waals surface area contributed by atoms with Gasteiger partial charge in [0.05, 0.1) is 11.2 Å². The summed E-state index contributed by atoms with van der Waals surface area (Å²) in [7, 11) is 0. The maximum absolute atomic E-state index is 4.41. The first-order valence-electron chi connectivity index (χ1n) is 6.84. The quantitative estimate of drug-likeness (QED) is 0.567. The summed E-state index contributed by atoms with van der Waals surface area (Å²) in [5.74, 6) is 0. The summed E-state index contributed by atoms with van der Waals surface area (Å²) in [4.78, 5) is 0. The molecule has 20 heavy (non-hydrogen) atoms. The molecule has 0 amide bonds. The van der Waals surface area contributed by atoms with E-state index in [1.165, 1.54) is 11.1 Å². The lowest BCUT2D eigenvalue weighted by atomic mass is 10.2. The Hall–Kier alpha value is -2.42. The van der Waals surface area contributed by atoms with Crippen LogP contribution in [0.5, 0.6) is 0 Å². The highest BCUT2D eigenvalue weighted by molar-refractivity contribution is 5.91. The van der Waals surface area contributed by atoms with Crippen molar-refractivity contribution in [1.82, 2.24) is 4.57 Å². The van der Waals surface area contributed by atoms with Gasteiger partial charge in [-0.15, -0.1) is 5.11 Å². The summed E-state index contributed by atoms with van der Waals surface area (Å²) in [6.45, 7) is 5.13. The van der Waals surface area contributed by atoms with Crippen LogP contribution in [0.25, 0.3) is 10.9 Å². The minimum absolute atomic E-state index is 0.879. The third-order valence-corrected chi connectivity index (χ3v) is 3.42. The monoisotopic (exact) mass is 263 g/mol. The Morgan fingerprint density at radius 2 is 1.70 bits per heavy atom. The number of aromatic nitrogens is 1. The number of nitrogens with zero attached hydrogens (tertiary/aromatic N) is 3. The van der Waals surface area contributed by atoms with E-state index in [1.807, 2.05) is 30.3 Å². The third kappa shape index (κ3) is 2.35. The number of fused-ring (bicyclic) bond motifs is 1. The van der Waals surface area contributed by atoms with E-state index in [2.05, 4.69) is 53.0 Å². The van der Waals surface area contributed by atoms with Crippen molar-refractivity contribution >= 4 is 22.3 Å². The molecule has 0 aliphatic heterocycles. The largest absolute Gasteiger partial charge is 0.345 e. The molecule has 2 aromatic carbocycles. The zero-order valence-corrected chi connectivity index (χ0v) is 11.7. The molecule has 100 valence electrons. The van der Waals surface area contributed by atoms with Crippen LogP contribution in [0.15, 0.2) is 65.0 Å². The standard InChI is InChI=1S/C17H17N3/c1-3-20-12-16(15-6-4-5-7-17(15)20)19-18-14-10-8-13(2)9-11-14/h4-12H,3H2,1-2H3. The van der Waals surface area contributed by atoms with Crippen molar-refractivity contribution in [2.24, 2.45) is 10.2 Å². The van der Waals surface area contributed by atoms with E-state index >= 15 is 0 Å². The predicted molar refractivity (Wildman–Crippen MR) is 83.0 cm³/mol. The van der Waals surface area contributed by atoms with Crippen LogP contribution in [0.1, 0.15) is 12.5 Å². The number of hydrogen-bond acceptors (Lipinski definition) is 2. The molecule has 1 heterocycles. The lowest BCUT2D eigenvalue weighted by molar-refractivity contribution is 0.797. The second-order valence-corrected chi connectivity index (χ2v) is 4.85. The summed E-state index contributed by atoms with van der Waals surface area (Å²) in [6, 6.07) is 16.3. The molecular formula is C17H17N3. The molecule has 0 aliphatic rings. The maximum atomic E-state index is 4.41. The zero-order valence-electron chi connectivity index (χ0n) is 11.7. The van der Waals surface area contributed by atoms with E-state index in [-0.39, 0.29) is 0 Å². The van der Waals surface area contributed by atoms with Crippen LogP contribution in [0.3, 0.4) is 0 Å². The molecule has 0 spiro atoms. The minimum Gasteiger partial charge on any atom is -0.345 e. The number of hydrogen-bond donors (Lipinski definition) is 0. The molecule has 0 N–H and O–H groups in total.